The summed E-state index contributed by atoms with van der Waals surface area (Å²) >= 11 is 0. The number of nitrogens with one attached hydrogen (secondary N) is 2. The molecule has 5 nitrogen and oxygen atoms in total. The summed E-state index contributed by atoms with van der Waals surface area (Å²) in [5, 5.41) is 14.3. The fourth-order valence-electron chi connectivity index (χ4n) is 2.14. The predicted molar refractivity (Wildman–Crippen MR) is 85.4 cm³/mol. The highest BCUT2D eigenvalue weighted by atomic mass is 16.4. The van der Waals surface area contributed by atoms with E-state index in [4.69, 9.17) is 5.11 Å². The number of hydrogen-bond acceptors (Lipinski definition) is 2. The Morgan fingerprint density at radius 1 is 0.952 bits per heavy atom. The van der Waals surface area contributed by atoms with Crippen molar-refractivity contribution in [3.63, 3.8) is 0 Å². The summed E-state index contributed by atoms with van der Waals surface area (Å²) in [6.45, 7) is 7.10. The van der Waals surface area contributed by atoms with E-state index < -0.39 is 5.97 Å². The molecule has 2 amide bonds. The first-order chi connectivity index (χ1) is 9.91. The van der Waals surface area contributed by atoms with E-state index in [0.29, 0.717) is 18.9 Å². The maximum absolute atomic E-state index is 11.6. The third-order valence-electron chi connectivity index (χ3n) is 3.40. The molecule has 0 spiro atoms. The van der Waals surface area contributed by atoms with Gasteiger partial charge >= 0.3 is 12.0 Å². The van der Waals surface area contributed by atoms with E-state index in [1.807, 2.05) is 6.92 Å². The molecular weight excluding hydrogens is 268 g/mol. The average Bonchev–Trinajstić information content (AvgIpc) is 2.36. The molecule has 124 valence electrons. The van der Waals surface area contributed by atoms with Crippen molar-refractivity contribution in [2.75, 3.05) is 6.54 Å². The molecule has 0 aliphatic rings. The lowest BCUT2D eigenvalue weighted by atomic mass is 10.0. The van der Waals surface area contributed by atoms with E-state index in [-0.39, 0.29) is 18.5 Å². The van der Waals surface area contributed by atoms with Gasteiger partial charge in [0, 0.05) is 19.0 Å². The number of hydrogen-bond donors (Lipinski definition) is 3. The van der Waals surface area contributed by atoms with Gasteiger partial charge in [-0.25, -0.2) is 4.79 Å². The lowest BCUT2D eigenvalue weighted by molar-refractivity contribution is -0.137. The molecule has 21 heavy (non-hydrogen) atoms. The Bertz CT molecular complexity index is 293. The van der Waals surface area contributed by atoms with Crippen molar-refractivity contribution < 1.29 is 14.7 Å². The second-order valence-corrected chi connectivity index (χ2v) is 6.18. The van der Waals surface area contributed by atoms with Gasteiger partial charge in [-0.15, -0.1) is 0 Å². The Balaban J connectivity index is 3.42. The zero-order valence-corrected chi connectivity index (χ0v) is 13.8. The van der Waals surface area contributed by atoms with Crippen LogP contribution in [0.25, 0.3) is 0 Å². The first-order valence-electron chi connectivity index (χ1n) is 8.18. The van der Waals surface area contributed by atoms with Gasteiger partial charge in [-0.2, -0.15) is 0 Å². The smallest absolute Gasteiger partial charge is 0.314 e. The Labute approximate surface area is 128 Å². The monoisotopic (exact) mass is 300 g/mol. The van der Waals surface area contributed by atoms with Crippen LogP contribution in [0.2, 0.25) is 0 Å². The normalized spacial score (nSPS) is 12.2. The molecule has 1 unspecified atom stereocenters. The van der Waals surface area contributed by atoms with Gasteiger partial charge in [0.25, 0.3) is 0 Å². The minimum absolute atomic E-state index is 0.0995. The van der Waals surface area contributed by atoms with Crippen molar-refractivity contribution in [3.05, 3.63) is 0 Å². The number of carboxylic acids is 1. The summed E-state index contributed by atoms with van der Waals surface area (Å²) in [6.07, 6.45) is 7.07. The lowest BCUT2D eigenvalue weighted by Crippen LogP contribution is -2.41. The topological polar surface area (TPSA) is 78.4 Å². The second kappa shape index (κ2) is 12.5. The third-order valence-corrected chi connectivity index (χ3v) is 3.40. The van der Waals surface area contributed by atoms with E-state index in [1.165, 1.54) is 6.42 Å². The van der Waals surface area contributed by atoms with E-state index in [1.54, 1.807) is 0 Å². The van der Waals surface area contributed by atoms with Crippen LogP contribution in [0.3, 0.4) is 0 Å². The van der Waals surface area contributed by atoms with Crippen LogP contribution in [0.15, 0.2) is 0 Å². The fourth-order valence-corrected chi connectivity index (χ4v) is 2.14. The zero-order valence-electron chi connectivity index (χ0n) is 13.8. The third kappa shape index (κ3) is 15.0. The van der Waals surface area contributed by atoms with Gasteiger partial charge < -0.3 is 15.7 Å². The van der Waals surface area contributed by atoms with E-state index in [2.05, 4.69) is 24.5 Å². The fraction of sp³-hybridized carbons (Fsp3) is 0.875. The summed E-state index contributed by atoms with van der Waals surface area (Å²) in [7, 11) is 0. The number of urea groups is 1. The van der Waals surface area contributed by atoms with Crippen molar-refractivity contribution >= 4 is 12.0 Å². The molecular formula is C16H32N2O3. The van der Waals surface area contributed by atoms with E-state index >= 15 is 0 Å². The molecule has 0 fully saturated rings. The lowest BCUT2D eigenvalue weighted by Gasteiger charge is -2.15. The number of unbranched alkanes of at least 4 members (excludes halogenated alkanes) is 3. The van der Waals surface area contributed by atoms with E-state index in [9.17, 15) is 9.59 Å². The van der Waals surface area contributed by atoms with Crippen LogP contribution in [0.4, 0.5) is 4.79 Å². The van der Waals surface area contributed by atoms with Gasteiger partial charge in [0.05, 0.1) is 0 Å². The number of carbonyl (C=O) groups excluding carboxylic acids is 1. The number of carbonyl (C=O) groups is 2. The van der Waals surface area contributed by atoms with Gasteiger partial charge in [-0.05, 0) is 32.1 Å². The van der Waals surface area contributed by atoms with Crippen LogP contribution in [-0.4, -0.2) is 29.7 Å². The van der Waals surface area contributed by atoms with Gasteiger partial charge in [-0.3, -0.25) is 4.79 Å². The summed E-state index contributed by atoms with van der Waals surface area (Å²) in [4.78, 5) is 22.0. The number of aliphatic carboxylic acids is 1. The van der Waals surface area contributed by atoms with Crippen molar-refractivity contribution in [2.45, 2.75) is 78.2 Å². The molecule has 0 saturated carbocycles. The molecule has 1 atom stereocenters. The molecule has 0 aliphatic carbocycles. The van der Waals surface area contributed by atoms with Crippen molar-refractivity contribution in [1.82, 2.24) is 10.6 Å². The van der Waals surface area contributed by atoms with E-state index in [0.717, 1.165) is 32.1 Å². The number of rotatable bonds is 12. The largest absolute Gasteiger partial charge is 0.481 e. The average molecular weight is 300 g/mol. The molecule has 0 rings (SSSR count). The van der Waals surface area contributed by atoms with Crippen LogP contribution in [0.1, 0.15) is 72.1 Å². The summed E-state index contributed by atoms with van der Waals surface area (Å²) in [5.74, 6) is -0.0221. The molecule has 0 saturated heterocycles. The molecule has 0 aliphatic heterocycles. The van der Waals surface area contributed by atoms with Gasteiger partial charge in [-0.1, -0.05) is 39.5 Å². The molecule has 5 heteroatoms. The Kier molecular flexibility index (Phi) is 11.7. The molecule has 0 bridgehead atoms. The molecule has 0 aromatic carbocycles. The Hall–Kier alpha value is -1.26. The minimum Gasteiger partial charge on any atom is -0.481 e. The summed E-state index contributed by atoms with van der Waals surface area (Å²) in [5.41, 5.74) is 0. The maximum Gasteiger partial charge on any atom is 0.314 e. The van der Waals surface area contributed by atoms with Gasteiger partial charge in [0.15, 0.2) is 0 Å². The summed E-state index contributed by atoms with van der Waals surface area (Å²) in [6, 6.07) is 0.108. The quantitative estimate of drug-likeness (QED) is 0.482. The predicted octanol–water partition coefficient (Wildman–Crippen LogP) is 3.54. The first kappa shape index (κ1) is 19.7. The summed E-state index contributed by atoms with van der Waals surface area (Å²) < 4.78 is 0. The SMILES string of the molecule is CC(C)CCCC(C)NC(=O)NCCCCCCC(=O)O. The molecule has 0 aromatic rings. The highest BCUT2D eigenvalue weighted by molar-refractivity contribution is 5.74. The Morgan fingerprint density at radius 3 is 2.24 bits per heavy atom. The maximum atomic E-state index is 11.6. The van der Waals surface area contributed by atoms with Gasteiger partial charge in [0.2, 0.25) is 0 Å². The molecule has 0 radical (unpaired) electrons. The number of carboxylic acid groups (broad SMARTS) is 1. The highest BCUT2D eigenvalue weighted by Gasteiger charge is 2.06. The van der Waals surface area contributed by atoms with Crippen molar-refractivity contribution in [1.29, 1.82) is 0 Å². The highest BCUT2D eigenvalue weighted by Crippen LogP contribution is 2.08. The first-order valence-corrected chi connectivity index (χ1v) is 8.18. The molecule has 0 heterocycles. The minimum atomic E-state index is -0.737. The Morgan fingerprint density at radius 2 is 1.62 bits per heavy atom. The molecule has 0 aromatic heterocycles. The van der Waals surface area contributed by atoms with Crippen LogP contribution in [0.5, 0.6) is 0 Å². The second-order valence-electron chi connectivity index (χ2n) is 6.18. The van der Waals surface area contributed by atoms with Crippen molar-refractivity contribution in [2.24, 2.45) is 5.92 Å². The van der Waals surface area contributed by atoms with Gasteiger partial charge in [0.1, 0.15) is 0 Å². The van der Waals surface area contributed by atoms with Crippen LogP contribution < -0.4 is 10.6 Å². The zero-order chi connectivity index (χ0) is 16.1. The van der Waals surface area contributed by atoms with Crippen LogP contribution in [0, 0.1) is 5.92 Å². The standard InChI is InChI=1S/C16H32N2O3/c1-13(2)9-8-10-14(3)18-16(21)17-12-7-5-4-6-11-15(19)20/h13-14H,4-12H2,1-3H3,(H,19,20)(H2,17,18,21). The van der Waals surface area contributed by atoms with Crippen LogP contribution in [-0.2, 0) is 4.79 Å². The van der Waals surface area contributed by atoms with Crippen LogP contribution >= 0.6 is 0 Å². The molecule has 3 N–H and O–H groups in total. The number of amides is 2. The van der Waals surface area contributed by atoms with Crippen molar-refractivity contribution in [3.8, 4) is 0 Å².